The normalized spacial score (nSPS) is 19.7. The zero-order valence-electron chi connectivity index (χ0n) is 16.3. The molecule has 0 aliphatic carbocycles. The summed E-state index contributed by atoms with van der Waals surface area (Å²) < 4.78 is 5.96. The van der Waals surface area contributed by atoms with E-state index in [-0.39, 0.29) is 24.2 Å². The molecule has 0 radical (unpaired) electrons. The second-order valence-electron chi connectivity index (χ2n) is 6.78. The molecule has 5 nitrogen and oxygen atoms in total. The Balaban J connectivity index is 0.00000338. The number of amides is 1. The zero-order valence-corrected chi connectivity index (χ0v) is 17.1. The fraction of sp³-hybridized carbons (Fsp3) is 0.650. The molecule has 0 saturated carbocycles. The van der Waals surface area contributed by atoms with Crippen molar-refractivity contribution in [3.05, 3.63) is 29.8 Å². The molecule has 148 valence electrons. The van der Waals surface area contributed by atoms with Crippen molar-refractivity contribution in [3.63, 3.8) is 0 Å². The molecule has 1 heterocycles. The Labute approximate surface area is 164 Å². The van der Waals surface area contributed by atoms with Crippen LogP contribution in [0.3, 0.4) is 0 Å². The van der Waals surface area contributed by atoms with Gasteiger partial charge in [0.15, 0.2) is 0 Å². The first kappa shape index (κ1) is 22.7. The molecule has 1 aromatic carbocycles. The second kappa shape index (κ2) is 12.2. The molecule has 1 aliphatic heterocycles. The van der Waals surface area contributed by atoms with Gasteiger partial charge in [0, 0.05) is 30.6 Å². The maximum Gasteiger partial charge on any atom is 0.223 e. The molecule has 0 bridgehead atoms. The van der Waals surface area contributed by atoms with Crippen molar-refractivity contribution >= 4 is 18.3 Å². The van der Waals surface area contributed by atoms with Crippen molar-refractivity contribution in [2.45, 2.75) is 46.2 Å². The van der Waals surface area contributed by atoms with Gasteiger partial charge in [-0.2, -0.15) is 0 Å². The number of benzene rings is 1. The number of nitrogens with zero attached hydrogens (tertiary/aromatic N) is 1. The molecule has 1 aliphatic rings. The fourth-order valence-electron chi connectivity index (χ4n) is 3.31. The molecule has 2 N–H and O–H groups in total. The molecule has 2 atom stereocenters. The van der Waals surface area contributed by atoms with Crippen LogP contribution < -0.4 is 15.4 Å². The minimum Gasteiger partial charge on any atom is -0.492 e. The average molecular weight is 384 g/mol. The van der Waals surface area contributed by atoms with Gasteiger partial charge in [0.1, 0.15) is 12.4 Å². The number of ether oxygens (including phenoxy) is 1. The third-order valence-electron chi connectivity index (χ3n) is 4.98. The van der Waals surface area contributed by atoms with E-state index in [1.165, 1.54) is 0 Å². The summed E-state index contributed by atoms with van der Waals surface area (Å²) in [5, 5.41) is 6.48. The van der Waals surface area contributed by atoms with Gasteiger partial charge in [0.2, 0.25) is 5.91 Å². The average Bonchev–Trinajstić information content (AvgIpc) is 2.64. The number of hydrogen-bond acceptors (Lipinski definition) is 4. The lowest BCUT2D eigenvalue weighted by Gasteiger charge is -2.27. The maximum atomic E-state index is 12.4. The molecule has 6 heteroatoms. The van der Waals surface area contributed by atoms with E-state index in [2.05, 4.69) is 36.3 Å². The van der Waals surface area contributed by atoms with E-state index in [9.17, 15) is 4.79 Å². The van der Waals surface area contributed by atoms with E-state index in [1.807, 2.05) is 24.3 Å². The van der Waals surface area contributed by atoms with Crippen molar-refractivity contribution in [3.8, 4) is 5.75 Å². The zero-order chi connectivity index (χ0) is 18.1. The van der Waals surface area contributed by atoms with E-state index in [4.69, 9.17) is 4.74 Å². The van der Waals surface area contributed by atoms with E-state index < -0.39 is 0 Å². The number of halogens is 1. The van der Waals surface area contributed by atoms with Gasteiger partial charge < -0.3 is 20.3 Å². The molecule has 0 unspecified atom stereocenters. The van der Waals surface area contributed by atoms with Crippen molar-refractivity contribution in [2.24, 2.45) is 5.92 Å². The van der Waals surface area contributed by atoms with Crippen molar-refractivity contribution in [1.29, 1.82) is 0 Å². The number of carbonyl (C=O) groups excluding carboxylic acids is 1. The van der Waals surface area contributed by atoms with Crippen LogP contribution in [0.1, 0.15) is 39.2 Å². The predicted molar refractivity (Wildman–Crippen MR) is 109 cm³/mol. The quantitative estimate of drug-likeness (QED) is 0.688. The molecular formula is C20H34ClN3O2. The number of piperidine rings is 1. The second-order valence-corrected chi connectivity index (χ2v) is 6.78. The van der Waals surface area contributed by atoms with Crippen LogP contribution in [-0.2, 0) is 11.3 Å². The first-order valence-corrected chi connectivity index (χ1v) is 9.58. The standard InChI is InChI=1S/C20H33N3O2.ClH/c1-4-23(5-2)12-13-25-19-9-7-6-8-18(19)15-22-20(24)17-10-11-21-16(3)14-17;/h6-9,16-17,21H,4-5,10-15H2,1-3H3,(H,22,24);1H/t16-,17-;/m0./s1. The van der Waals surface area contributed by atoms with E-state index >= 15 is 0 Å². The minimum absolute atomic E-state index is 0. The molecule has 1 aromatic rings. The maximum absolute atomic E-state index is 12.4. The van der Waals surface area contributed by atoms with Gasteiger partial charge in [-0.25, -0.2) is 0 Å². The van der Waals surface area contributed by atoms with Crippen LogP contribution in [0.25, 0.3) is 0 Å². The summed E-state index contributed by atoms with van der Waals surface area (Å²) in [7, 11) is 0. The number of nitrogens with one attached hydrogen (secondary N) is 2. The molecule has 1 fully saturated rings. The molecule has 26 heavy (non-hydrogen) atoms. The van der Waals surface area contributed by atoms with Gasteiger partial charge in [-0.1, -0.05) is 32.0 Å². The lowest BCUT2D eigenvalue weighted by atomic mass is 9.92. The minimum atomic E-state index is 0. The van der Waals surface area contributed by atoms with Crippen LogP contribution in [0.15, 0.2) is 24.3 Å². The SMILES string of the molecule is CCN(CC)CCOc1ccccc1CNC(=O)[C@H]1CCN[C@@H](C)C1.Cl. The van der Waals surface area contributed by atoms with Gasteiger partial charge >= 0.3 is 0 Å². The van der Waals surface area contributed by atoms with Gasteiger partial charge in [0.25, 0.3) is 0 Å². The molecular weight excluding hydrogens is 350 g/mol. The Kier molecular flexibility index (Phi) is 10.6. The van der Waals surface area contributed by atoms with Gasteiger partial charge in [-0.05, 0) is 45.5 Å². The molecule has 0 aromatic heterocycles. The van der Waals surface area contributed by atoms with Gasteiger partial charge in [0.05, 0.1) is 0 Å². The first-order chi connectivity index (χ1) is 12.1. The molecule has 0 spiro atoms. The number of rotatable bonds is 9. The van der Waals surface area contributed by atoms with Crippen molar-refractivity contribution < 1.29 is 9.53 Å². The van der Waals surface area contributed by atoms with Crippen LogP contribution >= 0.6 is 12.4 Å². The molecule has 1 saturated heterocycles. The molecule has 1 amide bonds. The number of carbonyl (C=O) groups is 1. The highest BCUT2D eigenvalue weighted by molar-refractivity contribution is 5.85. The van der Waals surface area contributed by atoms with Crippen LogP contribution in [0, 0.1) is 5.92 Å². The largest absolute Gasteiger partial charge is 0.492 e. The van der Waals surface area contributed by atoms with Crippen LogP contribution in [-0.4, -0.2) is 49.6 Å². The lowest BCUT2D eigenvalue weighted by molar-refractivity contribution is -0.126. The number of likely N-dealkylation sites (N-methyl/N-ethyl adjacent to an activating group) is 1. The van der Waals surface area contributed by atoms with Crippen LogP contribution in [0.4, 0.5) is 0 Å². The Morgan fingerprint density at radius 2 is 2.04 bits per heavy atom. The summed E-state index contributed by atoms with van der Waals surface area (Å²) in [5.74, 6) is 1.15. The summed E-state index contributed by atoms with van der Waals surface area (Å²) in [6.07, 6.45) is 1.83. The van der Waals surface area contributed by atoms with Crippen LogP contribution in [0.5, 0.6) is 5.75 Å². The highest BCUT2D eigenvalue weighted by atomic mass is 35.5. The van der Waals surface area contributed by atoms with E-state index in [1.54, 1.807) is 0 Å². The van der Waals surface area contributed by atoms with Crippen molar-refractivity contribution in [1.82, 2.24) is 15.5 Å². The Bertz CT molecular complexity index is 538. The van der Waals surface area contributed by atoms with Crippen molar-refractivity contribution in [2.75, 3.05) is 32.8 Å². The van der Waals surface area contributed by atoms with Gasteiger partial charge in [-0.15, -0.1) is 12.4 Å². The highest BCUT2D eigenvalue weighted by Gasteiger charge is 2.24. The Morgan fingerprint density at radius 1 is 1.31 bits per heavy atom. The first-order valence-electron chi connectivity index (χ1n) is 9.58. The topological polar surface area (TPSA) is 53.6 Å². The predicted octanol–water partition coefficient (Wildman–Crippen LogP) is 2.83. The van der Waals surface area contributed by atoms with E-state index in [0.717, 1.165) is 50.3 Å². The number of hydrogen-bond donors (Lipinski definition) is 2. The summed E-state index contributed by atoms with van der Waals surface area (Å²) in [6, 6.07) is 8.40. The third kappa shape index (κ3) is 7.14. The Morgan fingerprint density at radius 3 is 2.73 bits per heavy atom. The number of para-hydroxylation sites is 1. The fourth-order valence-corrected chi connectivity index (χ4v) is 3.31. The monoisotopic (exact) mass is 383 g/mol. The molecule has 2 rings (SSSR count). The lowest BCUT2D eigenvalue weighted by Crippen LogP contribution is -2.42. The summed E-state index contributed by atoms with van der Waals surface area (Å²) in [5.41, 5.74) is 1.04. The summed E-state index contributed by atoms with van der Waals surface area (Å²) in [6.45, 7) is 11.6. The summed E-state index contributed by atoms with van der Waals surface area (Å²) >= 11 is 0. The third-order valence-corrected chi connectivity index (χ3v) is 4.98. The van der Waals surface area contributed by atoms with E-state index in [0.29, 0.717) is 19.2 Å². The van der Waals surface area contributed by atoms with Gasteiger partial charge in [-0.3, -0.25) is 4.79 Å². The Hall–Kier alpha value is -1.30. The van der Waals surface area contributed by atoms with Crippen LogP contribution in [0.2, 0.25) is 0 Å². The smallest absolute Gasteiger partial charge is 0.223 e. The highest BCUT2D eigenvalue weighted by Crippen LogP contribution is 2.19. The summed E-state index contributed by atoms with van der Waals surface area (Å²) in [4.78, 5) is 14.8.